The Kier molecular flexibility index (Phi) is 4.95. The van der Waals surface area contributed by atoms with Crippen molar-refractivity contribution >= 4 is 22.9 Å². The predicted octanol–water partition coefficient (Wildman–Crippen LogP) is 3.71. The monoisotopic (exact) mass is 334 g/mol. The molecule has 0 aromatic heterocycles. The van der Waals surface area contributed by atoms with Gasteiger partial charge in [-0.2, -0.15) is 5.10 Å². The number of benzene rings is 3. The van der Waals surface area contributed by atoms with E-state index in [1.54, 1.807) is 18.3 Å². The molecule has 1 amide bonds. The van der Waals surface area contributed by atoms with E-state index in [1.165, 1.54) is 12.1 Å². The Labute approximate surface area is 145 Å². The lowest BCUT2D eigenvalue weighted by atomic mass is 10.0. The number of hydrogen-bond donors (Lipinski definition) is 2. The first-order valence-electron chi connectivity index (χ1n) is 7.96. The topological polar surface area (TPSA) is 70.9 Å². The fourth-order valence-electron chi connectivity index (χ4n) is 2.57. The summed E-state index contributed by atoms with van der Waals surface area (Å²) in [7, 11) is 0. The van der Waals surface area contributed by atoms with E-state index in [-0.39, 0.29) is 11.3 Å². The molecule has 2 N–H and O–H groups in total. The maximum absolute atomic E-state index is 12.1. The highest BCUT2D eigenvalue weighted by Crippen LogP contribution is 2.26. The molecule has 0 saturated carbocycles. The van der Waals surface area contributed by atoms with Gasteiger partial charge >= 0.3 is 0 Å². The Hall–Kier alpha value is -3.34. The van der Waals surface area contributed by atoms with Gasteiger partial charge in [-0.05, 0) is 35.9 Å². The summed E-state index contributed by atoms with van der Waals surface area (Å²) in [6.07, 6.45) is 1.56. The highest BCUT2D eigenvalue weighted by Gasteiger charge is 2.10. The maximum atomic E-state index is 12.1. The van der Waals surface area contributed by atoms with Crippen LogP contribution < -0.4 is 10.2 Å². The molecular weight excluding hydrogens is 316 g/mol. The van der Waals surface area contributed by atoms with Crippen molar-refractivity contribution in [2.75, 3.05) is 6.61 Å². The van der Waals surface area contributed by atoms with Crippen LogP contribution >= 0.6 is 0 Å². The zero-order valence-corrected chi connectivity index (χ0v) is 13.8. The van der Waals surface area contributed by atoms with Crippen molar-refractivity contribution in [3.05, 3.63) is 71.8 Å². The van der Waals surface area contributed by atoms with Crippen LogP contribution in [-0.4, -0.2) is 23.8 Å². The van der Waals surface area contributed by atoms with E-state index in [1.807, 2.05) is 43.3 Å². The molecule has 0 aliphatic heterocycles. The zero-order valence-electron chi connectivity index (χ0n) is 13.8. The standard InChI is InChI=1S/C20H18N2O3/c1-2-25-19-12-11-14-7-3-4-8-15(14)17(19)13-21-22-20(24)16-9-5-6-10-18(16)23/h3-13,23H,2H2,1H3,(H,22,24)/b21-13-. The molecule has 5 heteroatoms. The van der Waals surface area contributed by atoms with E-state index >= 15 is 0 Å². The molecule has 0 unspecified atom stereocenters. The molecule has 3 aromatic rings. The van der Waals surface area contributed by atoms with Crippen molar-refractivity contribution in [2.24, 2.45) is 5.10 Å². The number of amides is 1. The van der Waals surface area contributed by atoms with E-state index < -0.39 is 5.91 Å². The summed E-state index contributed by atoms with van der Waals surface area (Å²) in [6.45, 7) is 2.44. The summed E-state index contributed by atoms with van der Waals surface area (Å²) >= 11 is 0. The van der Waals surface area contributed by atoms with Crippen molar-refractivity contribution in [3.8, 4) is 11.5 Å². The molecule has 0 aliphatic rings. The number of rotatable bonds is 5. The molecule has 0 atom stereocenters. The van der Waals surface area contributed by atoms with Gasteiger partial charge in [0.05, 0.1) is 18.4 Å². The van der Waals surface area contributed by atoms with Crippen molar-refractivity contribution < 1.29 is 14.6 Å². The fraction of sp³-hybridized carbons (Fsp3) is 0.100. The molecule has 3 rings (SSSR count). The Morgan fingerprint density at radius 3 is 2.68 bits per heavy atom. The van der Waals surface area contributed by atoms with Crippen molar-refractivity contribution in [1.82, 2.24) is 5.43 Å². The Bertz CT molecular complexity index is 935. The fourth-order valence-corrected chi connectivity index (χ4v) is 2.57. The van der Waals surface area contributed by atoms with Gasteiger partial charge < -0.3 is 9.84 Å². The van der Waals surface area contributed by atoms with Crippen LogP contribution in [0, 0.1) is 0 Å². The molecule has 0 saturated heterocycles. The highest BCUT2D eigenvalue weighted by atomic mass is 16.5. The largest absolute Gasteiger partial charge is 0.507 e. The van der Waals surface area contributed by atoms with Crippen molar-refractivity contribution in [1.29, 1.82) is 0 Å². The lowest BCUT2D eigenvalue weighted by Gasteiger charge is -2.10. The smallest absolute Gasteiger partial charge is 0.275 e. The number of phenols is 1. The minimum atomic E-state index is -0.479. The average molecular weight is 334 g/mol. The van der Waals surface area contributed by atoms with Crippen LogP contribution in [0.15, 0.2) is 65.8 Å². The Balaban J connectivity index is 1.89. The number of para-hydroxylation sites is 1. The SMILES string of the molecule is CCOc1ccc2ccccc2c1/C=N\NC(=O)c1ccccc1O. The first kappa shape index (κ1) is 16.5. The van der Waals surface area contributed by atoms with Crippen LogP contribution in [0.2, 0.25) is 0 Å². The molecule has 0 spiro atoms. The second-order valence-corrected chi connectivity index (χ2v) is 5.35. The van der Waals surface area contributed by atoms with Crippen LogP contribution in [0.1, 0.15) is 22.8 Å². The number of aromatic hydroxyl groups is 1. The van der Waals surface area contributed by atoms with Crippen LogP contribution in [0.5, 0.6) is 11.5 Å². The molecule has 126 valence electrons. The molecule has 25 heavy (non-hydrogen) atoms. The molecule has 0 bridgehead atoms. The maximum Gasteiger partial charge on any atom is 0.275 e. The van der Waals surface area contributed by atoms with Crippen LogP contribution in [0.3, 0.4) is 0 Å². The van der Waals surface area contributed by atoms with E-state index in [4.69, 9.17) is 4.74 Å². The van der Waals surface area contributed by atoms with Gasteiger partial charge in [-0.25, -0.2) is 5.43 Å². The lowest BCUT2D eigenvalue weighted by molar-refractivity contribution is 0.0952. The number of phenolic OH excluding ortho intramolecular Hbond substituents is 1. The van der Waals surface area contributed by atoms with E-state index in [0.717, 1.165) is 16.3 Å². The van der Waals surface area contributed by atoms with Crippen LogP contribution in [-0.2, 0) is 0 Å². The minimum Gasteiger partial charge on any atom is -0.507 e. The summed E-state index contributed by atoms with van der Waals surface area (Å²) in [5, 5.41) is 15.8. The Morgan fingerprint density at radius 2 is 1.88 bits per heavy atom. The summed E-state index contributed by atoms with van der Waals surface area (Å²) in [5.74, 6) is 0.129. The van der Waals surface area contributed by atoms with Crippen LogP contribution in [0.25, 0.3) is 10.8 Å². The summed E-state index contributed by atoms with van der Waals surface area (Å²) < 4.78 is 5.66. The van der Waals surface area contributed by atoms with E-state index in [9.17, 15) is 9.90 Å². The van der Waals surface area contributed by atoms with Gasteiger partial charge in [-0.3, -0.25) is 4.79 Å². The van der Waals surface area contributed by atoms with Gasteiger partial charge in [-0.15, -0.1) is 0 Å². The van der Waals surface area contributed by atoms with E-state index in [0.29, 0.717) is 12.4 Å². The summed E-state index contributed by atoms with van der Waals surface area (Å²) in [5.41, 5.74) is 3.40. The molecule has 0 heterocycles. The average Bonchev–Trinajstić information content (AvgIpc) is 2.63. The molecule has 0 fully saturated rings. The van der Waals surface area contributed by atoms with Gasteiger partial charge in [0.15, 0.2) is 0 Å². The first-order valence-corrected chi connectivity index (χ1v) is 7.96. The minimum absolute atomic E-state index is 0.0876. The van der Waals surface area contributed by atoms with E-state index in [2.05, 4.69) is 10.5 Å². The number of hydrazone groups is 1. The number of carbonyl (C=O) groups is 1. The van der Waals surface area contributed by atoms with Gasteiger partial charge in [0.2, 0.25) is 0 Å². The second kappa shape index (κ2) is 7.49. The van der Waals surface area contributed by atoms with Crippen LogP contribution in [0.4, 0.5) is 0 Å². The molecule has 0 radical (unpaired) electrons. The summed E-state index contributed by atoms with van der Waals surface area (Å²) in [4.78, 5) is 12.1. The van der Waals surface area contributed by atoms with Gasteiger partial charge in [0, 0.05) is 5.56 Å². The quantitative estimate of drug-likeness (QED) is 0.552. The summed E-state index contributed by atoms with van der Waals surface area (Å²) in [6, 6.07) is 18.1. The number of fused-ring (bicyclic) bond motifs is 1. The molecule has 5 nitrogen and oxygen atoms in total. The molecule has 3 aromatic carbocycles. The number of carbonyl (C=O) groups excluding carboxylic acids is 1. The number of nitrogens with one attached hydrogen (secondary N) is 1. The van der Waals surface area contributed by atoms with Gasteiger partial charge in [0.1, 0.15) is 11.5 Å². The first-order chi connectivity index (χ1) is 12.2. The number of nitrogens with zero attached hydrogens (tertiary/aromatic N) is 1. The highest BCUT2D eigenvalue weighted by molar-refractivity contribution is 6.03. The molecular formula is C20H18N2O3. The third-order valence-corrected chi connectivity index (χ3v) is 3.74. The number of hydrogen-bond acceptors (Lipinski definition) is 4. The van der Waals surface area contributed by atoms with Gasteiger partial charge in [0.25, 0.3) is 5.91 Å². The lowest BCUT2D eigenvalue weighted by Crippen LogP contribution is -2.17. The second-order valence-electron chi connectivity index (χ2n) is 5.35. The van der Waals surface area contributed by atoms with Crippen molar-refractivity contribution in [3.63, 3.8) is 0 Å². The third-order valence-electron chi connectivity index (χ3n) is 3.74. The zero-order chi connectivity index (χ0) is 17.6. The number of ether oxygens (including phenoxy) is 1. The normalized spacial score (nSPS) is 10.9. The van der Waals surface area contributed by atoms with Gasteiger partial charge in [-0.1, -0.05) is 42.5 Å². The predicted molar refractivity (Wildman–Crippen MR) is 98.3 cm³/mol. The molecule has 0 aliphatic carbocycles. The Morgan fingerprint density at radius 1 is 1.12 bits per heavy atom. The third kappa shape index (κ3) is 3.61. The van der Waals surface area contributed by atoms with Crippen molar-refractivity contribution in [2.45, 2.75) is 6.92 Å².